The number of nitrogens with zero attached hydrogens (tertiary/aromatic N) is 2. The maximum atomic E-state index is 12.9. The standard InChI is InChI=1S/C20H23N5O2/c21-12-19-23-17-6-5-15(11-18(17)24-19)22-20(26)16-4-2-1-3-14(16)13-25-7-9-27-10-8-25/h1-6,11H,7-10,12-13,21H2,(H,22,26)(H,23,24). The molecule has 0 radical (unpaired) electrons. The fourth-order valence-electron chi connectivity index (χ4n) is 3.32. The predicted octanol–water partition coefficient (Wildman–Crippen LogP) is 2.11. The van der Waals surface area contributed by atoms with Crippen LogP contribution in [0.5, 0.6) is 0 Å². The van der Waals surface area contributed by atoms with Crippen molar-refractivity contribution in [1.29, 1.82) is 0 Å². The van der Waals surface area contributed by atoms with Crippen LogP contribution in [0.1, 0.15) is 21.7 Å². The van der Waals surface area contributed by atoms with Crippen LogP contribution >= 0.6 is 0 Å². The first kappa shape index (κ1) is 17.7. The SMILES string of the molecule is NCc1nc2ccc(NC(=O)c3ccccc3CN3CCOCC3)cc2[nH]1. The molecule has 1 aliphatic rings. The number of morpholine rings is 1. The molecule has 0 atom stereocenters. The minimum atomic E-state index is -0.114. The lowest BCUT2D eigenvalue weighted by Gasteiger charge is -2.27. The van der Waals surface area contributed by atoms with Crippen LogP contribution < -0.4 is 11.1 Å². The number of fused-ring (bicyclic) bond motifs is 1. The summed E-state index contributed by atoms with van der Waals surface area (Å²) in [5.41, 5.74) is 9.75. The molecule has 1 saturated heterocycles. The van der Waals surface area contributed by atoms with Crippen molar-refractivity contribution in [3.63, 3.8) is 0 Å². The number of carbonyl (C=O) groups excluding carboxylic acids is 1. The van der Waals surface area contributed by atoms with E-state index in [0.717, 1.165) is 61.0 Å². The van der Waals surface area contributed by atoms with Crippen molar-refractivity contribution in [3.05, 3.63) is 59.4 Å². The number of H-pyrrole nitrogens is 1. The van der Waals surface area contributed by atoms with Gasteiger partial charge in [0, 0.05) is 30.9 Å². The molecule has 1 aliphatic heterocycles. The van der Waals surface area contributed by atoms with Gasteiger partial charge in [-0.2, -0.15) is 0 Å². The zero-order valence-electron chi connectivity index (χ0n) is 15.1. The van der Waals surface area contributed by atoms with Crippen LogP contribution in [-0.2, 0) is 17.8 Å². The van der Waals surface area contributed by atoms with Crippen molar-refractivity contribution in [2.45, 2.75) is 13.1 Å². The van der Waals surface area contributed by atoms with Crippen LogP contribution in [0.25, 0.3) is 11.0 Å². The highest BCUT2D eigenvalue weighted by Crippen LogP contribution is 2.19. The molecule has 3 aromatic rings. The second-order valence-electron chi connectivity index (χ2n) is 6.62. The molecule has 0 saturated carbocycles. The molecule has 1 amide bonds. The number of carbonyl (C=O) groups is 1. The lowest BCUT2D eigenvalue weighted by Crippen LogP contribution is -2.36. The van der Waals surface area contributed by atoms with Gasteiger partial charge in [-0.05, 0) is 29.8 Å². The summed E-state index contributed by atoms with van der Waals surface area (Å²) < 4.78 is 5.40. The summed E-state index contributed by atoms with van der Waals surface area (Å²) in [5.74, 6) is 0.612. The van der Waals surface area contributed by atoms with E-state index in [4.69, 9.17) is 10.5 Å². The Balaban J connectivity index is 1.52. The number of aromatic amines is 1. The first-order valence-corrected chi connectivity index (χ1v) is 9.11. The van der Waals surface area contributed by atoms with Crippen molar-refractivity contribution in [2.24, 2.45) is 5.73 Å². The van der Waals surface area contributed by atoms with Gasteiger partial charge in [0.2, 0.25) is 0 Å². The third kappa shape index (κ3) is 4.00. The lowest BCUT2D eigenvalue weighted by atomic mass is 10.1. The topological polar surface area (TPSA) is 96.3 Å². The van der Waals surface area contributed by atoms with Crippen molar-refractivity contribution >= 4 is 22.6 Å². The number of hydrogen-bond donors (Lipinski definition) is 3. The Morgan fingerprint density at radius 1 is 1.22 bits per heavy atom. The molecule has 0 spiro atoms. The Labute approximate surface area is 157 Å². The highest BCUT2D eigenvalue weighted by atomic mass is 16.5. The van der Waals surface area contributed by atoms with Gasteiger partial charge in [-0.1, -0.05) is 18.2 Å². The summed E-state index contributed by atoms with van der Waals surface area (Å²) in [6.45, 7) is 4.34. The van der Waals surface area contributed by atoms with Gasteiger partial charge in [-0.25, -0.2) is 4.98 Å². The third-order valence-electron chi connectivity index (χ3n) is 4.74. The molecular formula is C20H23N5O2. The predicted molar refractivity (Wildman–Crippen MR) is 104 cm³/mol. The molecule has 2 aromatic carbocycles. The minimum Gasteiger partial charge on any atom is -0.379 e. The number of nitrogens with two attached hydrogens (primary N) is 1. The van der Waals surface area contributed by atoms with Crippen LogP contribution in [0.2, 0.25) is 0 Å². The van der Waals surface area contributed by atoms with E-state index >= 15 is 0 Å². The largest absolute Gasteiger partial charge is 0.379 e. The number of imidazole rings is 1. The smallest absolute Gasteiger partial charge is 0.255 e. The molecule has 7 nitrogen and oxygen atoms in total. The second kappa shape index (κ2) is 7.87. The summed E-state index contributed by atoms with van der Waals surface area (Å²) in [6, 6.07) is 13.3. The average Bonchev–Trinajstić information content (AvgIpc) is 3.12. The highest BCUT2D eigenvalue weighted by molar-refractivity contribution is 6.05. The average molecular weight is 365 g/mol. The number of aromatic nitrogens is 2. The monoisotopic (exact) mass is 365 g/mol. The van der Waals surface area contributed by atoms with E-state index in [-0.39, 0.29) is 5.91 Å². The maximum absolute atomic E-state index is 12.9. The first-order chi connectivity index (χ1) is 13.2. The molecule has 140 valence electrons. The van der Waals surface area contributed by atoms with E-state index in [9.17, 15) is 4.79 Å². The fourth-order valence-corrected chi connectivity index (χ4v) is 3.32. The quantitative estimate of drug-likeness (QED) is 0.643. The number of anilines is 1. The molecule has 1 aromatic heterocycles. The van der Waals surface area contributed by atoms with Gasteiger partial charge in [-0.15, -0.1) is 0 Å². The Hall–Kier alpha value is -2.74. The van der Waals surface area contributed by atoms with Gasteiger partial charge < -0.3 is 20.8 Å². The second-order valence-corrected chi connectivity index (χ2v) is 6.62. The van der Waals surface area contributed by atoms with E-state index in [1.54, 1.807) is 0 Å². The van der Waals surface area contributed by atoms with E-state index in [0.29, 0.717) is 12.1 Å². The number of amides is 1. The number of ether oxygens (including phenoxy) is 1. The first-order valence-electron chi connectivity index (χ1n) is 9.11. The van der Waals surface area contributed by atoms with Gasteiger partial charge in [0.05, 0.1) is 30.8 Å². The van der Waals surface area contributed by atoms with Crippen LogP contribution in [0.3, 0.4) is 0 Å². The summed E-state index contributed by atoms with van der Waals surface area (Å²) in [4.78, 5) is 22.7. The third-order valence-corrected chi connectivity index (χ3v) is 4.74. The molecule has 0 bridgehead atoms. The maximum Gasteiger partial charge on any atom is 0.255 e. The fraction of sp³-hybridized carbons (Fsp3) is 0.300. The van der Waals surface area contributed by atoms with E-state index in [1.807, 2.05) is 42.5 Å². The van der Waals surface area contributed by atoms with Crippen molar-refractivity contribution in [3.8, 4) is 0 Å². The minimum absolute atomic E-state index is 0.114. The Morgan fingerprint density at radius 3 is 2.85 bits per heavy atom. The summed E-state index contributed by atoms with van der Waals surface area (Å²) in [7, 11) is 0. The lowest BCUT2D eigenvalue weighted by molar-refractivity contribution is 0.0341. The van der Waals surface area contributed by atoms with E-state index < -0.39 is 0 Å². The van der Waals surface area contributed by atoms with Crippen LogP contribution in [-0.4, -0.2) is 47.1 Å². The van der Waals surface area contributed by atoms with Gasteiger partial charge in [0.1, 0.15) is 5.82 Å². The normalized spacial score (nSPS) is 15.1. The molecule has 27 heavy (non-hydrogen) atoms. The van der Waals surface area contributed by atoms with Crippen molar-refractivity contribution < 1.29 is 9.53 Å². The molecule has 4 N–H and O–H groups in total. The molecule has 0 aliphatic carbocycles. The van der Waals surface area contributed by atoms with Gasteiger partial charge >= 0.3 is 0 Å². The van der Waals surface area contributed by atoms with Crippen LogP contribution in [0.15, 0.2) is 42.5 Å². The number of rotatable bonds is 5. The molecular weight excluding hydrogens is 342 g/mol. The Morgan fingerprint density at radius 2 is 2.04 bits per heavy atom. The Bertz CT molecular complexity index is 946. The van der Waals surface area contributed by atoms with Gasteiger partial charge in [0.25, 0.3) is 5.91 Å². The number of benzene rings is 2. The van der Waals surface area contributed by atoms with Gasteiger partial charge in [0.15, 0.2) is 0 Å². The summed E-state index contributed by atoms with van der Waals surface area (Å²) >= 11 is 0. The van der Waals surface area contributed by atoms with Crippen molar-refractivity contribution in [1.82, 2.24) is 14.9 Å². The number of hydrogen-bond acceptors (Lipinski definition) is 5. The molecule has 0 unspecified atom stereocenters. The van der Waals surface area contributed by atoms with Gasteiger partial charge in [-0.3, -0.25) is 9.69 Å². The van der Waals surface area contributed by atoms with Crippen molar-refractivity contribution in [2.75, 3.05) is 31.6 Å². The highest BCUT2D eigenvalue weighted by Gasteiger charge is 2.16. The van der Waals surface area contributed by atoms with Crippen LogP contribution in [0, 0.1) is 0 Å². The molecule has 2 heterocycles. The number of nitrogens with one attached hydrogen (secondary N) is 2. The van der Waals surface area contributed by atoms with E-state index in [1.165, 1.54) is 0 Å². The molecule has 4 rings (SSSR count). The molecule has 7 heteroatoms. The Kier molecular flexibility index (Phi) is 5.15. The summed E-state index contributed by atoms with van der Waals surface area (Å²) in [5, 5.41) is 2.99. The van der Waals surface area contributed by atoms with E-state index in [2.05, 4.69) is 20.2 Å². The summed E-state index contributed by atoms with van der Waals surface area (Å²) in [6.07, 6.45) is 0. The molecule has 1 fully saturated rings. The van der Waals surface area contributed by atoms with Crippen LogP contribution in [0.4, 0.5) is 5.69 Å². The zero-order chi connectivity index (χ0) is 18.6. The zero-order valence-corrected chi connectivity index (χ0v) is 15.1.